The van der Waals surface area contributed by atoms with Gasteiger partial charge in [-0.3, -0.25) is 0 Å². The lowest BCUT2D eigenvalue weighted by Crippen LogP contribution is -1.96. The summed E-state index contributed by atoms with van der Waals surface area (Å²) in [5, 5.41) is 9.45. The molecule has 0 unspecified atom stereocenters. The third-order valence-electron chi connectivity index (χ3n) is 2.23. The van der Waals surface area contributed by atoms with Crippen molar-refractivity contribution in [2.24, 2.45) is 0 Å². The molecule has 1 aromatic heterocycles. The average Bonchev–Trinajstić information content (AvgIpc) is 2.73. The van der Waals surface area contributed by atoms with Gasteiger partial charge in [-0.1, -0.05) is 11.6 Å². The zero-order valence-corrected chi connectivity index (χ0v) is 9.99. The van der Waals surface area contributed by atoms with Gasteiger partial charge >= 0.3 is 0 Å². The Kier molecular flexibility index (Phi) is 3.36. The first kappa shape index (κ1) is 11.6. The fraction of sp³-hybridized carbons (Fsp3) is 0.154. The highest BCUT2D eigenvalue weighted by atomic mass is 35.5. The number of nitrogens with zero attached hydrogens (tertiary/aromatic N) is 1. The van der Waals surface area contributed by atoms with E-state index in [-0.39, 0.29) is 6.61 Å². The molecule has 0 aliphatic rings. The van der Waals surface area contributed by atoms with E-state index in [1.165, 1.54) is 0 Å². The van der Waals surface area contributed by atoms with Gasteiger partial charge in [0.15, 0.2) is 0 Å². The standard InChI is InChI=1S/C13H10ClNO2/c1-9-2-5-12(17-9)8-16-13-6-11(14)4-3-10(13)7-15/h2-6H,8H2,1H3. The minimum absolute atomic E-state index is 0.281. The SMILES string of the molecule is Cc1ccc(COc2cc(Cl)ccc2C#N)o1. The molecular formula is C13H10ClNO2. The van der Waals surface area contributed by atoms with Crippen LogP contribution in [0.4, 0.5) is 0 Å². The fourth-order valence-electron chi connectivity index (χ4n) is 1.42. The molecule has 3 nitrogen and oxygen atoms in total. The second-order valence-corrected chi connectivity index (χ2v) is 3.99. The van der Waals surface area contributed by atoms with Gasteiger partial charge in [0.05, 0.1) is 5.56 Å². The smallest absolute Gasteiger partial charge is 0.146 e. The molecule has 2 rings (SSSR count). The molecule has 0 aliphatic heterocycles. The molecule has 0 saturated carbocycles. The maximum absolute atomic E-state index is 8.91. The van der Waals surface area contributed by atoms with E-state index < -0.39 is 0 Å². The van der Waals surface area contributed by atoms with Crippen molar-refractivity contribution < 1.29 is 9.15 Å². The molecule has 2 aromatic rings. The molecule has 0 saturated heterocycles. The highest BCUT2D eigenvalue weighted by Gasteiger charge is 2.06. The third kappa shape index (κ3) is 2.80. The van der Waals surface area contributed by atoms with E-state index in [1.807, 2.05) is 19.1 Å². The number of benzene rings is 1. The van der Waals surface area contributed by atoms with E-state index in [0.29, 0.717) is 22.1 Å². The fourth-order valence-corrected chi connectivity index (χ4v) is 1.58. The minimum atomic E-state index is 0.281. The first-order valence-corrected chi connectivity index (χ1v) is 5.44. The normalized spacial score (nSPS) is 9.94. The Balaban J connectivity index is 2.13. The first-order chi connectivity index (χ1) is 8.19. The van der Waals surface area contributed by atoms with Gasteiger partial charge in [-0.15, -0.1) is 0 Å². The second kappa shape index (κ2) is 4.94. The maximum atomic E-state index is 8.91. The highest BCUT2D eigenvalue weighted by molar-refractivity contribution is 6.30. The largest absolute Gasteiger partial charge is 0.484 e. The molecule has 1 heterocycles. The van der Waals surface area contributed by atoms with Crippen LogP contribution in [0.3, 0.4) is 0 Å². The quantitative estimate of drug-likeness (QED) is 0.831. The highest BCUT2D eigenvalue weighted by Crippen LogP contribution is 2.23. The summed E-state index contributed by atoms with van der Waals surface area (Å²) in [6.45, 7) is 2.15. The molecule has 1 aromatic carbocycles. The number of aryl methyl sites for hydroxylation is 1. The van der Waals surface area contributed by atoms with Gasteiger partial charge < -0.3 is 9.15 Å². The van der Waals surface area contributed by atoms with Gasteiger partial charge in [-0.2, -0.15) is 5.26 Å². The van der Waals surface area contributed by atoms with E-state index in [1.54, 1.807) is 18.2 Å². The van der Waals surface area contributed by atoms with Crippen molar-refractivity contribution in [2.45, 2.75) is 13.5 Å². The van der Waals surface area contributed by atoms with E-state index in [2.05, 4.69) is 6.07 Å². The monoisotopic (exact) mass is 247 g/mol. The van der Waals surface area contributed by atoms with Crippen LogP contribution in [-0.2, 0) is 6.61 Å². The Morgan fingerprint density at radius 1 is 1.35 bits per heavy atom. The molecule has 17 heavy (non-hydrogen) atoms. The van der Waals surface area contributed by atoms with E-state index in [0.717, 1.165) is 5.76 Å². The van der Waals surface area contributed by atoms with Gasteiger partial charge in [0.1, 0.15) is 29.9 Å². The van der Waals surface area contributed by atoms with Crippen LogP contribution in [-0.4, -0.2) is 0 Å². The lowest BCUT2D eigenvalue weighted by molar-refractivity contribution is 0.267. The minimum Gasteiger partial charge on any atom is -0.484 e. The number of ether oxygens (including phenoxy) is 1. The van der Waals surface area contributed by atoms with Crippen LogP contribution >= 0.6 is 11.6 Å². The molecule has 86 valence electrons. The van der Waals surface area contributed by atoms with Gasteiger partial charge in [0, 0.05) is 11.1 Å². The van der Waals surface area contributed by atoms with Crippen LogP contribution in [0.1, 0.15) is 17.1 Å². The molecule has 0 spiro atoms. The summed E-state index contributed by atoms with van der Waals surface area (Å²) in [6.07, 6.45) is 0. The molecule has 0 bridgehead atoms. The molecule has 0 aliphatic carbocycles. The lowest BCUT2D eigenvalue weighted by atomic mass is 10.2. The van der Waals surface area contributed by atoms with Crippen LogP contribution in [0.2, 0.25) is 5.02 Å². The zero-order valence-electron chi connectivity index (χ0n) is 9.24. The Morgan fingerprint density at radius 2 is 2.18 bits per heavy atom. The van der Waals surface area contributed by atoms with E-state index in [4.69, 9.17) is 26.0 Å². The van der Waals surface area contributed by atoms with Crippen molar-refractivity contribution in [1.82, 2.24) is 0 Å². The first-order valence-electron chi connectivity index (χ1n) is 5.07. The van der Waals surface area contributed by atoms with Crippen LogP contribution in [0.25, 0.3) is 0 Å². The lowest BCUT2D eigenvalue weighted by Gasteiger charge is -2.06. The van der Waals surface area contributed by atoms with Crippen molar-refractivity contribution in [3.05, 3.63) is 52.4 Å². The maximum Gasteiger partial charge on any atom is 0.146 e. The molecular weight excluding hydrogens is 238 g/mol. The van der Waals surface area contributed by atoms with Crippen LogP contribution in [0.5, 0.6) is 5.75 Å². The Morgan fingerprint density at radius 3 is 2.82 bits per heavy atom. The van der Waals surface area contributed by atoms with Crippen LogP contribution in [0, 0.1) is 18.3 Å². The summed E-state index contributed by atoms with van der Waals surface area (Å²) in [5.41, 5.74) is 0.456. The predicted molar refractivity (Wildman–Crippen MR) is 63.9 cm³/mol. The molecule has 0 radical (unpaired) electrons. The molecule has 0 atom stereocenters. The second-order valence-electron chi connectivity index (χ2n) is 3.55. The van der Waals surface area contributed by atoms with Crippen molar-refractivity contribution in [3.63, 3.8) is 0 Å². The summed E-state index contributed by atoms with van der Waals surface area (Å²) < 4.78 is 10.9. The molecule has 0 amide bonds. The predicted octanol–water partition coefficient (Wildman–Crippen LogP) is 3.69. The van der Waals surface area contributed by atoms with Gasteiger partial charge in [-0.25, -0.2) is 0 Å². The average molecular weight is 248 g/mol. The molecule has 0 N–H and O–H groups in total. The van der Waals surface area contributed by atoms with Gasteiger partial charge in [0.25, 0.3) is 0 Å². The summed E-state index contributed by atoms with van der Waals surface area (Å²) in [7, 11) is 0. The van der Waals surface area contributed by atoms with Crippen molar-refractivity contribution in [1.29, 1.82) is 5.26 Å². The summed E-state index contributed by atoms with van der Waals surface area (Å²) >= 11 is 5.85. The summed E-state index contributed by atoms with van der Waals surface area (Å²) in [4.78, 5) is 0. The Hall–Kier alpha value is -1.92. The number of hydrogen-bond acceptors (Lipinski definition) is 3. The Bertz CT molecular complexity index is 569. The zero-order chi connectivity index (χ0) is 12.3. The number of halogens is 1. The third-order valence-corrected chi connectivity index (χ3v) is 2.47. The van der Waals surface area contributed by atoms with Crippen molar-refractivity contribution in [3.8, 4) is 11.8 Å². The number of furan rings is 1. The van der Waals surface area contributed by atoms with Crippen molar-refractivity contribution >= 4 is 11.6 Å². The van der Waals surface area contributed by atoms with Gasteiger partial charge in [-0.05, 0) is 31.2 Å². The summed E-state index contributed by atoms with van der Waals surface area (Å²) in [5.74, 6) is 2.01. The summed E-state index contributed by atoms with van der Waals surface area (Å²) in [6, 6.07) is 10.7. The Labute approximate surface area is 104 Å². The van der Waals surface area contributed by atoms with E-state index in [9.17, 15) is 0 Å². The topological polar surface area (TPSA) is 46.2 Å². The van der Waals surface area contributed by atoms with Crippen LogP contribution in [0.15, 0.2) is 34.7 Å². The van der Waals surface area contributed by atoms with E-state index >= 15 is 0 Å². The van der Waals surface area contributed by atoms with Crippen molar-refractivity contribution in [2.75, 3.05) is 0 Å². The van der Waals surface area contributed by atoms with Crippen LogP contribution < -0.4 is 4.74 Å². The number of hydrogen-bond donors (Lipinski definition) is 0. The number of rotatable bonds is 3. The molecule has 0 fully saturated rings. The number of nitriles is 1. The van der Waals surface area contributed by atoms with Gasteiger partial charge in [0.2, 0.25) is 0 Å². The molecule has 4 heteroatoms.